The van der Waals surface area contributed by atoms with Crippen molar-refractivity contribution in [3.8, 4) is 11.8 Å². The molecule has 0 aliphatic carbocycles. The fraction of sp³-hybridized carbons (Fsp3) is 0.800. The SMILES string of the molecule is CCCCCC(C)C#CC(F)F. The topological polar surface area (TPSA) is 0 Å². The smallest absolute Gasteiger partial charge is 0.196 e. The molecule has 0 aromatic heterocycles. The van der Waals surface area contributed by atoms with Gasteiger partial charge in [-0.15, -0.1) is 0 Å². The predicted molar refractivity (Wildman–Crippen MR) is 47.1 cm³/mol. The lowest BCUT2D eigenvalue weighted by Gasteiger charge is -2.01. The highest BCUT2D eigenvalue weighted by Gasteiger charge is 1.97. The number of hydrogen-bond donors (Lipinski definition) is 0. The second-order valence-electron chi connectivity index (χ2n) is 2.99. The second kappa shape index (κ2) is 7.09. The van der Waals surface area contributed by atoms with E-state index in [4.69, 9.17) is 0 Å². The van der Waals surface area contributed by atoms with Crippen molar-refractivity contribution in [3.63, 3.8) is 0 Å². The largest absolute Gasteiger partial charge is 0.298 e. The van der Waals surface area contributed by atoms with Gasteiger partial charge in [0.05, 0.1) is 0 Å². The van der Waals surface area contributed by atoms with E-state index in [1.165, 1.54) is 6.42 Å². The first-order valence-corrected chi connectivity index (χ1v) is 4.46. The van der Waals surface area contributed by atoms with Crippen molar-refractivity contribution in [3.05, 3.63) is 0 Å². The van der Waals surface area contributed by atoms with E-state index in [9.17, 15) is 8.78 Å². The number of alkyl halides is 2. The Morgan fingerprint density at radius 2 is 1.83 bits per heavy atom. The van der Waals surface area contributed by atoms with Crippen molar-refractivity contribution in [1.82, 2.24) is 0 Å². The van der Waals surface area contributed by atoms with Crippen molar-refractivity contribution in [2.24, 2.45) is 5.92 Å². The number of halogens is 2. The van der Waals surface area contributed by atoms with Gasteiger partial charge in [0.1, 0.15) is 0 Å². The van der Waals surface area contributed by atoms with Gasteiger partial charge in [-0.1, -0.05) is 39.0 Å². The van der Waals surface area contributed by atoms with Crippen molar-refractivity contribution >= 4 is 0 Å². The van der Waals surface area contributed by atoms with Crippen LogP contribution in [-0.4, -0.2) is 6.43 Å². The van der Waals surface area contributed by atoms with Crippen LogP contribution in [0.2, 0.25) is 0 Å². The van der Waals surface area contributed by atoms with E-state index in [0.717, 1.165) is 19.3 Å². The average Bonchev–Trinajstić information content (AvgIpc) is 2.01. The van der Waals surface area contributed by atoms with E-state index < -0.39 is 6.43 Å². The highest BCUT2D eigenvalue weighted by atomic mass is 19.3. The molecule has 12 heavy (non-hydrogen) atoms. The van der Waals surface area contributed by atoms with Gasteiger partial charge in [-0.2, -0.15) is 8.78 Å². The van der Waals surface area contributed by atoms with Crippen molar-refractivity contribution in [1.29, 1.82) is 0 Å². The molecule has 0 rings (SSSR count). The molecular weight excluding hydrogens is 158 g/mol. The molecule has 0 radical (unpaired) electrons. The maximum absolute atomic E-state index is 11.6. The zero-order valence-electron chi connectivity index (χ0n) is 7.74. The summed E-state index contributed by atoms with van der Waals surface area (Å²) >= 11 is 0. The molecule has 0 fully saturated rings. The molecule has 0 amide bonds. The third kappa shape index (κ3) is 7.53. The lowest BCUT2D eigenvalue weighted by atomic mass is 10.0. The van der Waals surface area contributed by atoms with Gasteiger partial charge >= 0.3 is 0 Å². The summed E-state index contributed by atoms with van der Waals surface area (Å²) in [4.78, 5) is 0. The minimum absolute atomic E-state index is 0.116. The van der Waals surface area contributed by atoms with Crippen LogP contribution in [0.25, 0.3) is 0 Å². The van der Waals surface area contributed by atoms with E-state index in [1.54, 1.807) is 0 Å². The third-order valence-corrected chi connectivity index (χ3v) is 1.68. The van der Waals surface area contributed by atoms with Crippen molar-refractivity contribution in [2.75, 3.05) is 0 Å². The lowest BCUT2D eigenvalue weighted by molar-refractivity contribution is 0.215. The molecule has 0 aromatic carbocycles. The van der Waals surface area contributed by atoms with Crippen LogP contribution in [0.1, 0.15) is 39.5 Å². The molecule has 0 aliphatic heterocycles. The van der Waals surface area contributed by atoms with E-state index in [-0.39, 0.29) is 5.92 Å². The summed E-state index contributed by atoms with van der Waals surface area (Å²) in [6.45, 7) is 4.01. The van der Waals surface area contributed by atoms with Crippen LogP contribution < -0.4 is 0 Å². The molecule has 0 heterocycles. The van der Waals surface area contributed by atoms with Gasteiger partial charge < -0.3 is 0 Å². The quantitative estimate of drug-likeness (QED) is 0.452. The second-order valence-corrected chi connectivity index (χ2v) is 2.99. The highest BCUT2D eigenvalue weighted by Crippen LogP contribution is 2.08. The summed E-state index contributed by atoms with van der Waals surface area (Å²) in [7, 11) is 0. The molecule has 1 atom stereocenters. The lowest BCUT2D eigenvalue weighted by Crippen LogP contribution is -1.92. The van der Waals surface area contributed by atoms with Gasteiger partial charge in [-0.05, 0) is 12.3 Å². The highest BCUT2D eigenvalue weighted by molar-refractivity contribution is 5.04. The summed E-state index contributed by atoms with van der Waals surface area (Å²) < 4.78 is 23.2. The van der Waals surface area contributed by atoms with Gasteiger partial charge in [0, 0.05) is 5.92 Å². The van der Waals surface area contributed by atoms with Gasteiger partial charge in [0.25, 0.3) is 6.43 Å². The zero-order valence-corrected chi connectivity index (χ0v) is 7.74. The third-order valence-electron chi connectivity index (χ3n) is 1.68. The van der Waals surface area contributed by atoms with Crippen LogP contribution in [-0.2, 0) is 0 Å². The Hall–Kier alpha value is -0.580. The molecule has 1 unspecified atom stereocenters. The number of unbranched alkanes of at least 4 members (excludes halogenated alkanes) is 2. The fourth-order valence-electron chi connectivity index (χ4n) is 0.978. The van der Waals surface area contributed by atoms with Crippen LogP contribution in [0.5, 0.6) is 0 Å². The molecule has 0 aromatic rings. The maximum atomic E-state index is 11.6. The molecular formula is C10H16F2. The molecule has 0 saturated carbocycles. The van der Waals surface area contributed by atoms with Crippen molar-refractivity contribution in [2.45, 2.75) is 46.0 Å². The Bertz CT molecular complexity index is 153. The van der Waals surface area contributed by atoms with Gasteiger partial charge in [0.2, 0.25) is 0 Å². The Morgan fingerprint density at radius 3 is 2.33 bits per heavy atom. The molecule has 0 nitrogen and oxygen atoms in total. The van der Waals surface area contributed by atoms with Crippen LogP contribution in [0.15, 0.2) is 0 Å². The summed E-state index contributed by atoms with van der Waals surface area (Å²) in [5.41, 5.74) is 0. The first-order chi connectivity index (χ1) is 5.66. The molecule has 0 N–H and O–H groups in total. The van der Waals surface area contributed by atoms with Gasteiger partial charge in [-0.25, -0.2) is 0 Å². The Labute approximate surface area is 73.4 Å². The van der Waals surface area contributed by atoms with Crippen LogP contribution in [0, 0.1) is 17.8 Å². The Balaban J connectivity index is 3.47. The predicted octanol–water partition coefficient (Wildman–Crippen LogP) is 3.47. The van der Waals surface area contributed by atoms with E-state index >= 15 is 0 Å². The first kappa shape index (κ1) is 11.4. The average molecular weight is 174 g/mol. The minimum Gasteiger partial charge on any atom is -0.196 e. The Morgan fingerprint density at radius 1 is 1.17 bits per heavy atom. The molecule has 0 spiro atoms. The summed E-state index contributed by atoms with van der Waals surface area (Å²) in [6.07, 6.45) is 1.89. The van der Waals surface area contributed by atoms with Crippen LogP contribution in [0.3, 0.4) is 0 Å². The van der Waals surface area contributed by atoms with Crippen LogP contribution in [0.4, 0.5) is 8.78 Å². The molecule has 70 valence electrons. The number of rotatable bonds is 4. The standard InChI is InChI=1S/C10H16F2/c1-3-4-5-6-9(2)7-8-10(11)12/h9-10H,3-6H2,1-2H3. The summed E-state index contributed by atoms with van der Waals surface area (Å²) in [5, 5.41) is 0. The first-order valence-electron chi connectivity index (χ1n) is 4.46. The summed E-state index contributed by atoms with van der Waals surface area (Å²) in [6, 6.07) is 0. The molecule has 0 bridgehead atoms. The Kier molecular flexibility index (Phi) is 6.75. The summed E-state index contributed by atoms with van der Waals surface area (Å²) in [5.74, 6) is 4.55. The van der Waals surface area contributed by atoms with Crippen molar-refractivity contribution < 1.29 is 8.78 Å². The molecule has 2 heteroatoms. The minimum atomic E-state index is -2.47. The molecule has 0 saturated heterocycles. The number of hydrogen-bond acceptors (Lipinski definition) is 0. The van der Waals surface area contributed by atoms with E-state index in [0.29, 0.717) is 0 Å². The fourth-order valence-corrected chi connectivity index (χ4v) is 0.978. The zero-order chi connectivity index (χ0) is 9.40. The van der Waals surface area contributed by atoms with Gasteiger partial charge in [-0.3, -0.25) is 0 Å². The van der Waals surface area contributed by atoms with Crippen LogP contribution >= 0.6 is 0 Å². The van der Waals surface area contributed by atoms with Gasteiger partial charge in [0.15, 0.2) is 0 Å². The van der Waals surface area contributed by atoms with E-state index in [1.807, 2.05) is 12.8 Å². The molecule has 0 aliphatic rings. The monoisotopic (exact) mass is 174 g/mol. The maximum Gasteiger partial charge on any atom is 0.298 e. The normalized spacial score (nSPS) is 12.4. The van der Waals surface area contributed by atoms with E-state index in [2.05, 4.69) is 12.8 Å².